The molecule has 3 saturated heterocycles. The van der Waals surface area contributed by atoms with Gasteiger partial charge in [-0.25, -0.2) is 0 Å². The van der Waals surface area contributed by atoms with E-state index in [4.69, 9.17) is 37.9 Å². The van der Waals surface area contributed by atoms with Crippen LogP contribution in [0.4, 0.5) is 0 Å². The highest BCUT2D eigenvalue weighted by Crippen LogP contribution is 2.44. The minimum Gasteiger partial charge on any atom is -0.382 e. The number of hydrogen-bond donors (Lipinski definition) is 2. The van der Waals surface area contributed by atoms with Crippen LogP contribution in [0.1, 0.15) is 40.5 Å². The Hall–Kier alpha value is -1.15. The molecule has 0 aliphatic carbocycles. The van der Waals surface area contributed by atoms with Crippen LogP contribution < -0.4 is 5.32 Å². The van der Waals surface area contributed by atoms with E-state index in [9.17, 15) is 9.90 Å². The Kier molecular flexibility index (Phi) is 10.1. The summed E-state index contributed by atoms with van der Waals surface area (Å²) >= 11 is 0. The molecule has 0 spiro atoms. The van der Waals surface area contributed by atoms with Gasteiger partial charge < -0.3 is 48.3 Å². The molecule has 11 heteroatoms. The van der Waals surface area contributed by atoms with Crippen LogP contribution in [0, 0.1) is 11.3 Å². The molecule has 10 atom stereocenters. The standard InChI is InChI=1S/C26H45NO10/c1-14-11-26(33-9,37-16(3)15(14)2)21(28)23(29)27-24-20-19(34-13-35-24)22(32-8)25(4,5)18(36-20)10-17(31-7)12-30-6/h15-22,24,28H,1,10-13H2,2-9H3,(H,27,29)/t15-,16-,17+,18-,19+,20?,21?,22?,24?,26?/m1/s1. The average Bonchev–Trinajstić information content (AvgIpc) is 2.86. The van der Waals surface area contributed by atoms with Crippen molar-refractivity contribution >= 4 is 5.91 Å². The number of nitrogens with one attached hydrogen (secondary N) is 1. The first-order chi connectivity index (χ1) is 17.4. The number of carbonyl (C=O) groups is 1. The molecule has 0 aromatic rings. The van der Waals surface area contributed by atoms with Crippen LogP contribution in [0.2, 0.25) is 0 Å². The molecule has 3 fully saturated rings. The van der Waals surface area contributed by atoms with Gasteiger partial charge in [-0.3, -0.25) is 4.79 Å². The first kappa shape index (κ1) is 30.4. The zero-order valence-electron chi connectivity index (χ0n) is 23.4. The Morgan fingerprint density at radius 1 is 1.19 bits per heavy atom. The third-order valence-electron chi connectivity index (χ3n) is 8.23. The van der Waals surface area contributed by atoms with Crippen LogP contribution in [-0.4, -0.2) is 108 Å². The van der Waals surface area contributed by atoms with Gasteiger partial charge in [-0.05, 0) is 6.92 Å². The van der Waals surface area contributed by atoms with Gasteiger partial charge in [0.2, 0.25) is 5.79 Å². The summed E-state index contributed by atoms with van der Waals surface area (Å²) in [7, 11) is 6.28. The van der Waals surface area contributed by atoms with E-state index < -0.39 is 41.6 Å². The largest absolute Gasteiger partial charge is 0.382 e. The lowest BCUT2D eigenvalue weighted by Gasteiger charge is -2.54. The van der Waals surface area contributed by atoms with E-state index in [1.807, 2.05) is 13.8 Å². The number of carbonyl (C=O) groups excluding carboxylic acids is 1. The minimum atomic E-state index is -1.64. The second kappa shape index (κ2) is 12.4. The summed E-state index contributed by atoms with van der Waals surface area (Å²) in [6.45, 7) is 12.4. The third kappa shape index (κ3) is 6.05. The number of aliphatic hydroxyl groups is 1. The third-order valence-corrected chi connectivity index (χ3v) is 8.23. The Bertz CT molecular complexity index is 793. The van der Waals surface area contributed by atoms with Crippen LogP contribution in [0.25, 0.3) is 0 Å². The molecule has 0 aromatic heterocycles. The van der Waals surface area contributed by atoms with Gasteiger partial charge in [-0.15, -0.1) is 0 Å². The molecule has 0 aromatic carbocycles. The molecule has 0 saturated carbocycles. The molecule has 2 N–H and O–H groups in total. The van der Waals surface area contributed by atoms with E-state index in [-0.39, 0.29) is 43.5 Å². The zero-order valence-corrected chi connectivity index (χ0v) is 23.4. The van der Waals surface area contributed by atoms with E-state index in [1.54, 1.807) is 21.3 Å². The van der Waals surface area contributed by atoms with Gasteiger partial charge in [0.25, 0.3) is 5.91 Å². The van der Waals surface area contributed by atoms with Gasteiger partial charge in [0.05, 0.1) is 31.0 Å². The minimum absolute atomic E-state index is 0.0639. The lowest BCUT2D eigenvalue weighted by Crippen LogP contribution is -2.69. The quantitative estimate of drug-likeness (QED) is 0.400. The fourth-order valence-electron chi connectivity index (χ4n) is 5.59. The summed E-state index contributed by atoms with van der Waals surface area (Å²) in [5.74, 6) is -2.21. The predicted molar refractivity (Wildman–Crippen MR) is 132 cm³/mol. The first-order valence-corrected chi connectivity index (χ1v) is 12.8. The van der Waals surface area contributed by atoms with Gasteiger partial charge in [0, 0.05) is 52.6 Å². The average molecular weight is 532 g/mol. The van der Waals surface area contributed by atoms with Crippen LogP contribution in [0.15, 0.2) is 12.2 Å². The predicted octanol–water partition coefficient (Wildman–Crippen LogP) is 1.37. The smallest absolute Gasteiger partial charge is 0.256 e. The van der Waals surface area contributed by atoms with Crippen molar-refractivity contribution < 1.29 is 47.8 Å². The molecular weight excluding hydrogens is 486 g/mol. The first-order valence-electron chi connectivity index (χ1n) is 12.8. The molecule has 1 amide bonds. The second-order valence-electron chi connectivity index (χ2n) is 10.8. The fraction of sp³-hybridized carbons (Fsp3) is 0.885. The summed E-state index contributed by atoms with van der Waals surface area (Å²) in [5.41, 5.74) is 0.386. The normalized spacial score (nSPS) is 39.5. The van der Waals surface area contributed by atoms with Crippen molar-refractivity contribution in [2.75, 3.05) is 41.8 Å². The van der Waals surface area contributed by atoms with Gasteiger partial charge in [-0.1, -0.05) is 32.9 Å². The van der Waals surface area contributed by atoms with Crippen molar-refractivity contribution in [3.8, 4) is 0 Å². The SMILES string of the molecule is C=C1CC(OC)(C(O)C(=O)NC2OCO[C@H]3C2O[C@H](C[C@@H](COC)OC)C(C)(C)C3OC)O[C@H](C)[C@@H]1C. The van der Waals surface area contributed by atoms with Gasteiger partial charge in [-0.2, -0.15) is 0 Å². The highest BCUT2D eigenvalue weighted by molar-refractivity contribution is 5.82. The maximum absolute atomic E-state index is 13.3. The summed E-state index contributed by atoms with van der Waals surface area (Å²) in [4.78, 5) is 13.3. The van der Waals surface area contributed by atoms with Crippen molar-refractivity contribution in [3.63, 3.8) is 0 Å². The molecule has 11 nitrogen and oxygen atoms in total. The molecule has 0 radical (unpaired) electrons. The molecule has 3 aliphatic heterocycles. The maximum atomic E-state index is 13.3. The second-order valence-corrected chi connectivity index (χ2v) is 10.8. The van der Waals surface area contributed by atoms with Crippen molar-refractivity contribution in [2.45, 2.75) is 95.3 Å². The highest BCUT2D eigenvalue weighted by atomic mass is 16.7. The topological polar surface area (TPSA) is 123 Å². The number of methoxy groups -OCH3 is 4. The molecule has 3 heterocycles. The Balaban J connectivity index is 1.80. The fourth-order valence-corrected chi connectivity index (χ4v) is 5.59. The molecule has 214 valence electrons. The Morgan fingerprint density at radius 3 is 2.46 bits per heavy atom. The van der Waals surface area contributed by atoms with E-state index in [0.717, 1.165) is 5.57 Å². The van der Waals surface area contributed by atoms with Gasteiger partial charge >= 0.3 is 0 Å². The van der Waals surface area contributed by atoms with Crippen LogP contribution in [-0.2, 0) is 42.7 Å². The number of ether oxygens (including phenoxy) is 8. The van der Waals surface area contributed by atoms with Crippen molar-refractivity contribution in [1.29, 1.82) is 0 Å². The van der Waals surface area contributed by atoms with Gasteiger partial charge in [0.1, 0.15) is 19.0 Å². The molecule has 3 rings (SSSR count). The number of hydrogen-bond acceptors (Lipinski definition) is 10. The number of aliphatic hydroxyl groups excluding tert-OH is 1. The lowest BCUT2D eigenvalue weighted by molar-refractivity contribution is -0.333. The highest BCUT2D eigenvalue weighted by Gasteiger charge is 2.57. The van der Waals surface area contributed by atoms with Crippen LogP contribution >= 0.6 is 0 Å². The van der Waals surface area contributed by atoms with Crippen molar-refractivity contribution in [1.82, 2.24) is 5.32 Å². The van der Waals surface area contributed by atoms with E-state index in [0.29, 0.717) is 13.0 Å². The monoisotopic (exact) mass is 531 g/mol. The summed E-state index contributed by atoms with van der Waals surface area (Å²) in [6.07, 6.45) is -4.23. The molecule has 5 unspecified atom stereocenters. The van der Waals surface area contributed by atoms with E-state index in [2.05, 4.69) is 25.7 Å². The van der Waals surface area contributed by atoms with Crippen molar-refractivity contribution in [3.05, 3.63) is 12.2 Å². The van der Waals surface area contributed by atoms with E-state index >= 15 is 0 Å². The van der Waals surface area contributed by atoms with Gasteiger partial charge in [0.15, 0.2) is 12.3 Å². The lowest BCUT2D eigenvalue weighted by atomic mass is 9.72. The number of amides is 1. The van der Waals surface area contributed by atoms with E-state index in [1.165, 1.54) is 7.11 Å². The molecule has 0 bridgehead atoms. The summed E-state index contributed by atoms with van der Waals surface area (Å²) in [6, 6.07) is 0. The Labute approximate surface area is 220 Å². The molecule has 3 aliphatic rings. The number of rotatable bonds is 10. The maximum Gasteiger partial charge on any atom is 0.256 e. The summed E-state index contributed by atoms with van der Waals surface area (Å²) < 4.78 is 46.5. The zero-order chi connectivity index (χ0) is 27.5. The van der Waals surface area contributed by atoms with Crippen molar-refractivity contribution in [2.24, 2.45) is 11.3 Å². The molecular formula is C26H45NO10. The van der Waals surface area contributed by atoms with Crippen LogP contribution in [0.3, 0.4) is 0 Å². The number of fused-ring (bicyclic) bond motifs is 1. The summed E-state index contributed by atoms with van der Waals surface area (Å²) in [5, 5.41) is 13.9. The molecule has 37 heavy (non-hydrogen) atoms. The Morgan fingerprint density at radius 2 is 1.89 bits per heavy atom. The van der Waals surface area contributed by atoms with Crippen LogP contribution in [0.5, 0.6) is 0 Å².